The summed E-state index contributed by atoms with van der Waals surface area (Å²) in [6.07, 6.45) is 0.345. The third kappa shape index (κ3) is 9.44. The number of hydrogen-bond donors (Lipinski definition) is 2. The lowest BCUT2D eigenvalue weighted by Crippen LogP contribution is -2.27. The van der Waals surface area contributed by atoms with Gasteiger partial charge in [0.15, 0.2) is 0 Å². The quantitative estimate of drug-likeness (QED) is 0.438. The number of anilines is 2. The number of carbonyl (C=O) groups excluding carboxylic acids is 3. The van der Waals surface area contributed by atoms with Gasteiger partial charge < -0.3 is 14.8 Å². The zero-order chi connectivity index (χ0) is 21.0. The van der Waals surface area contributed by atoms with E-state index in [1.807, 2.05) is 41.5 Å². The molecule has 0 bridgehead atoms. The van der Waals surface area contributed by atoms with Crippen molar-refractivity contribution >= 4 is 29.3 Å². The highest BCUT2D eigenvalue weighted by Crippen LogP contribution is 2.23. The molecule has 27 heavy (non-hydrogen) atoms. The van der Waals surface area contributed by atoms with Gasteiger partial charge in [0.05, 0.1) is 0 Å². The van der Waals surface area contributed by atoms with Crippen LogP contribution in [0.3, 0.4) is 0 Å². The fraction of sp³-hybridized carbons (Fsp3) is 0.450. The van der Waals surface area contributed by atoms with E-state index >= 15 is 0 Å². The van der Waals surface area contributed by atoms with E-state index in [1.165, 1.54) is 0 Å². The van der Waals surface area contributed by atoms with E-state index in [2.05, 4.69) is 17.2 Å². The maximum atomic E-state index is 12.0. The summed E-state index contributed by atoms with van der Waals surface area (Å²) in [5.41, 5.74) is 1.37. The minimum Gasteiger partial charge on any atom is -0.459 e. The van der Waals surface area contributed by atoms with Crippen molar-refractivity contribution < 1.29 is 23.9 Å². The molecule has 0 radical (unpaired) electrons. The number of rotatable bonds is 6. The summed E-state index contributed by atoms with van der Waals surface area (Å²) in [4.78, 5) is 34.7. The molecule has 1 aromatic rings. The summed E-state index contributed by atoms with van der Waals surface area (Å²) in [6, 6.07) is 5.18. The van der Waals surface area contributed by atoms with Crippen LogP contribution in [-0.4, -0.2) is 31.2 Å². The van der Waals surface area contributed by atoms with Crippen LogP contribution in [0.25, 0.3) is 0 Å². The van der Waals surface area contributed by atoms with Crippen LogP contribution in [0.4, 0.5) is 16.2 Å². The van der Waals surface area contributed by atoms with Crippen LogP contribution in [-0.2, 0) is 19.1 Å². The number of carbonyl (C=O) groups is 3. The van der Waals surface area contributed by atoms with Crippen LogP contribution in [0, 0.1) is 12.3 Å². The standard InChI is InChI=1S/C18H24N2O5.C2H6/c1-6-15(21)24-9-10-25-17(23)20-14-11-13(8-7-12(14)2)19-16(22)18(3,4)5;1-2/h6-8,11H,1,9-10H2,2-5H3,(H,19,22)(H,20,23);1-2H3. The number of aryl methyl sites for hydroxylation is 1. The van der Waals surface area contributed by atoms with Crippen molar-refractivity contribution in [1.82, 2.24) is 0 Å². The van der Waals surface area contributed by atoms with Crippen molar-refractivity contribution in [2.75, 3.05) is 23.8 Å². The topological polar surface area (TPSA) is 93.7 Å². The van der Waals surface area contributed by atoms with Crippen molar-refractivity contribution in [3.63, 3.8) is 0 Å². The molecule has 2 N–H and O–H groups in total. The molecule has 0 atom stereocenters. The Morgan fingerprint density at radius 2 is 1.67 bits per heavy atom. The molecule has 0 unspecified atom stereocenters. The smallest absolute Gasteiger partial charge is 0.411 e. The van der Waals surface area contributed by atoms with E-state index in [4.69, 9.17) is 9.47 Å². The highest BCUT2D eigenvalue weighted by molar-refractivity contribution is 5.95. The van der Waals surface area contributed by atoms with Gasteiger partial charge >= 0.3 is 12.1 Å². The second kappa shape index (κ2) is 11.7. The van der Waals surface area contributed by atoms with Gasteiger partial charge in [-0.1, -0.05) is 47.3 Å². The molecule has 0 heterocycles. The molecule has 0 aliphatic carbocycles. The van der Waals surface area contributed by atoms with Gasteiger partial charge in [-0.05, 0) is 24.6 Å². The monoisotopic (exact) mass is 378 g/mol. The lowest BCUT2D eigenvalue weighted by Gasteiger charge is -2.18. The predicted molar refractivity (Wildman–Crippen MR) is 107 cm³/mol. The van der Waals surface area contributed by atoms with Gasteiger partial charge in [0.25, 0.3) is 0 Å². The fourth-order valence-corrected chi connectivity index (χ4v) is 1.63. The number of benzene rings is 1. The molecule has 0 fully saturated rings. The van der Waals surface area contributed by atoms with E-state index in [-0.39, 0.29) is 19.1 Å². The molecule has 1 aromatic carbocycles. The summed E-state index contributed by atoms with van der Waals surface area (Å²) in [7, 11) is 0. The Morgan fingerprint density at radius 3 is 2.22 bits per heavy atom. The highest BCUT2D eigenvalue weighted by Gasteiger charge is 2.21. The van der Waals surface area contributed by atoms with Crippen molar-refractivity contribution in [2.24, 2.45) is 5.41 Å². The van der Waals surface area contributed by atoms with E-state index in [0.29, 0.717) is 11.4 Å². The number of nitrogens with one attached hydrogen (secondary N) is 2. The Hall–Kier alpha value is -2.83. The molecular formula is C20H30N2O5. The number of ether oxygens (including phenoxy) is 2. The average molecular weight is 378 g/mol. The molecule has 0 saturated carbocycles. The molecule has 0 saturated heterocycles. The molecule has 0 spiro atoms. The first-order valence-corrected chi connectivity index (χ1v) is 8.78. The van der Waals surface area contributed by atoms with Crippen molar-refractivity contribution in [2.45, 2.75) is 41.5 Å². The summed E-state index contributed by atoms with van der Waals surface area (Å²) in [6.45, 7) is 14.4. The van der Waals surface area contributed by atoms with Gasteiger partial charge in [0, 0.05) is 22.9 Å². The van der Waals surface area contributed by atoms with Gasteiger partial charge in [-0.3, -0.25) is 10.1 Å². The lowest BCUT2D eigenvalue weighted by molar-refractivity contribution is -0.138. The van der Waals surface area contributed by atoms with Crippen LogP contribution >= 0.6 is 0 Å². The summed E-state index contributed by atoms with van der Waals surface area (Å²) < 4.78 is 9.62. The molecule has 2 amide bonds. The molecule has 0 aromatic heterocycles. The molecule has 7 heteroatoms. The zero-order valence-corrected chi connectivity index (χ0v) is 17.0. The third-order valence-electron chi connectivity index (χ3n) is 3.14. The van der Waals surface area contributed by atoms with E-state index in [9.17, 15) is 14.4 Å². The Labute approximate surface area is 161 Å². The van der Waals surface area contributed by atoms with Gasteiger partial charge in [0.1, 0.15) is 13.2 Å². The van der Waals surface area contributed by atoms with Crippen LogP contribution < -0.4 is 10.6 Å². The minimum absolute atomic E-state index is 0.0566. The number of hydrogen-bond acceptors (Lipinski definition) is 5. The Bertz CT molecular complexity index is 663. The Kier molecular flexibility index (Phi) is 10.5. The molecule has 1 rings (SSSR count). The predicted octanol–water partition coefficient (Wildman–Crippen LogP) is 4.28. The molecule has 150 valence electrons. The first-order valence-electron chi connectivity index (χ1n) is 8.78. The first-order chi connectivity index (χ1) is 12.6. The van der Waals surface area contributed by atoms with Gasteiger partial charge in [-0.2, -0.15) is 0 Å². The van der Waals surface area contributed by atoms with E-state index < -0.39 is 17.5 Å². The van der Waals surface area contributed by atoms with E-state index in [0.717, 1.165) is 11.6 Å². The second-order valence-corrected chi connectivity index (χ2v) is 6.37. The third-order valence-corrected chi connectivity index (χ3v) is 3.14. The maximum absolute atomic E-state index is 12.0. The maximum Gasteiger partial charge on any atom is 0.411 e. The van der Waals surface area contributed by atoms with E-state index in [1.54, 1.807) is 18.2 Å². The normalized spacial score (nSPS) is 10.0. The Balaban J connectivity index is 0.00000326. The summed E-state index contributed by atoms with van der Waals surface area (Å²) in [5.74, 6) is -0.712. The summed E-state index contributed by atoms with van der Waals surface area (Å²) >= 11 is 0. The van der Waals surface area contributed by atoms with Gasteiger partial charge in [-0.15, -0.1) is 0 Å². The van der Waals surface area contributed by atoms with Crippen LogP contribution in [0.15, 0.2) is 30.9 Å². The Morgan fingerprint density at radius 1 is 1.07 bits per heavy atom. The number of amides is 2. The molecule has 0 aliphatic rings. The number of esters is 1. The molecule has 7 nitrogen and oxygen atoms in total. The second-order valence-electron chi connectivity index (χ2n) is 6.37. The first kappa shape index (κ1) is 24.2. The van der Waals surface area contributed by atoms with Crippen molar-refractivity contribution in [3.05, 3.63) is 36.4 Å². The van der Waals surface area contributed by atoms with Crippen LogP contribution in [0.2, 0.25) is 0 Å². The fourth-order valence-electron chi connectivity index (χ4n) is 1.63. The highest BCUT2D eigenvalue weighted by atomic mass is 16.6. The molecule has 0 aliphatic heterocycles. The van der Waals surface area contributed by atoms with Crippen LogP contribution in [0.5, 0.6) is 0 Å². The SMILES string of the molecule is C=CC(=O)OCCOC(=O)Nc1cc(NC(=O)C(C)(C)C)ccc1C.CC. The molecular weight excluding hydrogens is 348 g/mol. The van der Waals surface area contributed by atoms with Crippen molar-refractivity contribution in [3.8, 4) is 0 Å². The minimum atomic E-state index is -0.683. The largest absolute Gasteiger partial charge is 0.459 e. The summed E-state index contributed by atoms with van der Waals surface area (Å²) in [5, 5.41) is 5.39. The van der Waals surface area contributed by atoms with Crippen LogP contribution in [0.1, 0.15) is 40.2 Å². The van der Waals surface area contributed by atoms with Gasteiger partial charge in [-0.25, -0.2) is 9.59 Å². The zero-order valence-electron chi connectivity index (χ0n) is 17.0. The lowest BCUT2D eigenvalue weighted by atomic mass is 9.95. The van der Waals surface area contributed by atoms with Crippen molar-refractivity contribution in [1.29, 1.82) is 0 Å². The van der Waals surface area contributed by atoms with Gasteiger partial charge in [0.2, 0.25) is 5.91 Å². The average Bonchev–Trinajstić information content (AvgIpc) is 2.62.